The monoisotopic (exact) mass is 348 g/mol. The molecule has 1 aliphatic rings. The van der Waals surface area contributed by atoms with Gasteiger partial charge in [-0.2, -0.15) is 0 Å². The molecule has 1 N–H and O–H groups in total. The topological polar surface area (TPSA) is 47.9 Å². The number of hydrogen-bond acceptors (Lipinski definition) is 4. The number of ether oxygens (including phenoxy) is 3. The first kappa shape index (κ1) is 16.5. The first-order valence-corrected chi connectivity index (χ1v) is 8.55. The lowest BCUT2D eigenvalue weighted by Crippen LogP contribution is -2.31. The Morgan fingerprint density at radius 2 is 1.38 bits per heavy atom. The predicted octanol–water partition coefficient (Wildman–Crippen LogP) is 3.75. The van der Waals surface area contributed by atoms with E-state index in [1.165, 1.54) is 0 Å². The molecule has 132 valence electrons. The van der Waals surface area contributed by atoms with Crippen molar-refractivity contribution in [2.75, 3.05) is 20.3 Å². The Hall–Kier alpha value is -2.98. The summed E-state index contributed by atoms with van der Waals surface area (Å²) in [5, 5.41) is 12.1. The first-order valence-electron chi connectivity index (χ1n) is 8.55. The molecule has 0 amide bonds. The second-order valence-electron chi connectivity index (χ2n) is 6.11. The Morgan fingerprint density at radius 3 is 1.96 bits per heavy atom. The van der Waals surface area contributed by atoms with Gasteiger partial charge in [0.15, 0.2) is 11.5 Å². The average molecular weight is 348 g/mol. The molecule has 0 aromatic heterocycles. The van der Waals surface area contributed by atoms with Crippen molar-refractivity contribution in [3.05, 3.63) is 89.5 Å². The van der Waals surface area contributed by atoms with Crippen LogP contribution in [-0.4, -0.2) is 25.4 Å². The maximum atomic E-state index is 12.1. The van der Waals surface area contributed by atoms with E-state index in [0.29, 0.717) is 36.0 Å². The molecule has 4 rings (SSSR count). The number of aliphatic hydroxyl groups is 1. The highest BCUT2D eigenvalue weighted by molar-refractivity contribution is 5.63. The SMILES string of the molecule is COc1ccc2c(c1C(O)(c1ccccc1)c1ccccc1)OCCO2. The summed E-state index contributed by atoms with van der Waals surface area (Å²) in [6.07, 6.45) is 0. The highest BCUT2D eigenvalue weighted by atomic mass is 16.6. The summed E-state index contributed by atoms with van der Waals surface area (Å²) in [5.41, 5.74) is 0.564. The first-order chi connectivity index (χ1) is 12.7. The minimum Gasteiger partial charge on any atom is -0.496 e. The third-order valence-corrected chi connectivity index (χ3v) is 4.64. The molecule has 0 spiro atoms. The van der Waals surface area contributed by atoms with Crippen molar-refractivity contribution >= 4 is 0 Å². The summed E-state index contributed by atoms with van der Waals surface area (Å²) < 4.78 is 17.3. The second-order valence-corrected chi connectivity index (χ2v) is 6.11. The quantitative estimate of drug-likeness (QED) is 0.730. The highest BCUT2D eigenvalue weighted by Crippen LogP contribution is 2.50. The van der Waals surface area contributed by atoms with E-state index in [0.717, 1.165) is 11.1 Å². The van der Waals surface area contributed by atoms with Gasteiger partial charge in [0, 0.05) is 0 Å². The van der Waals surface area contributed by atoms with E-state index >= 15 is 0 Å². The van der Waals surface area contributed by atoms with Crippen molar-refractivity contribution in [1.82, 2.24) is 0 Å². The van der Waals surface area contributed by atoms with Crippen LogP contribution in [0.15, 0.2) is 72.8 Å². The zero-order chi connectivity index (χ0) is 18.0. The van der Waals surface area contributed by atoms with Gasteiger partial charge in [0.05, 0.1) is 12.7 Å². The summed E-state index contributed by atoms with van der Waals surface area (Å²) in [5.74, 6) is 1.67. The van der Waals surface area contributed by atoms with Crippen molar-refractivity contribution in [2.45, 2.75) is 5.60 Å². The molecule has 1 aliphatic heterocycles. The summed E-state index contributed by atoms with van der Waals surface area (Å²) in [6.45, 7) is 0.903. The van der Waals surface area contributed by atoms with E-state index in [4.69, 9.17) is 14.2 Å². The van der Waals surface area contributed by atoms with Crippen LogP contribution < -0.4 is 14.2 Å². The fraction of sp³-hybridized carbons (Fsp3) is 0.182. The molecule has 26 heavy (non-hydrogen) atoms. The minimum absolute atomic E-state index is 0.423. The molecule has 0 saturated carbocycles. The highest BCUT2D eigenvalue weighted by Gasteiger charge is 2.41. The number of methoxy groups -OCH3 is 1. The van der Waals surface area contributed by atoms with Gasteiger partial charge in [-0.1, -0.05) is 60.7 Å². The lowest BCUT2D eigenvalue weighted by Gasteiger charge is -2.34. The molecule has 4 heteroatoms. The number of hydrogen-bond donors (Lipinski definition) is 1. The number of benzene rings is 3. The summed E-state index contributed by atoms with van der Waals surface area (Å²) in [6, 6.07) is 22.7. The number of rotatable bonds is 4. The van der Waals surface area contributed by atoms with Crippen LogP contribution >= 0.6 is 0 Å². The predicted molar refractivity (Wildman–Crippen MR) is 99.0 cm³/mol. The van der Waals surface area contributed by atoms with Crippen LogP contribution in [0.25, 0.3) is 0 Å². The Balaban J connectivity index is 2.05. The Labute approximate surface area is 152 Å². The molecule has 3 aromatic carbocycles. The van der Waals surface area contributed by atoms with Crippen LogP contribution in [0.3, 0.4) is 0 Å². The second kappa shape index (κ2) is 6.73. The molecule has 1 heterocycles. The van der Waals surface area contributed by atoms with Crippen LogP contribution in [-0.2, 0) is 5.60 Å². The van der Waals surface area contributed by atoms with Gasteiger partial charge in [0.1, 0.15) is 24.6 Å². The molecule has 0 radical (unpaired) electrons. The fourth-order valence-electron chi connectivity index (χ4n) is 3.42. The van der Waals surface area contributed by atoms with Crippen LogP contribution in [0.2, 0.25) is 0 Å². The van der Waals surface area contributed by atoms with Crippen molar-refractivity contribution in [2.24, 2.45) is 0 Å². The van der Waals surface area contributed by atoms with Crippen LogP contribution in [0, 0.1) is 0 Å². The maximum absolute atomic E-state index is 12.1. The minimum atomic E-state index is -1.44. The van der Waals surface area contributed by atoms with Gasteiger partial charge in [-0.25, -0.2) is 0 Å². The molecule has 0 bridgehead atoms. The van der Waals surface area contributed by atoms with E-state index < -0.39 is 5.60 Å². The van der Waals surface area contributed by atoms with Gasteiger partial charge in [-0.3, -0.25) is 0 Å². The van der Waals surface area contributed by atoms with E-state index in [2.05, 4.69) is 0 Å². The Morgan fingerprint density at radius 1 is 0.808 bits per heavy atom. The third-order valence-electron chi connectivity index (χ3n) is 4.64. The summed E-state index contributed by atoms with van der Waals surface area (Å²) in [7, 11) is 1.59. The van der Waals surface area contributed by atoms with Crippen molar-refractivity contribution in [3.63, 3.8) is 0 Å². The van der Waals surface area contributed by atoms with Crippen LogP contribution in [0.5, 0.6) is 17.2 Å². The zero-order valence-electron chi connectivity index (χ0n) is 14.5. The van der Waals surface area contributed by atoms with Gasteiger partial charge in [-0.05, 0) is 23.3 Å². The van der Waals surface area contributed by atoms with E-state index in [9.17, 15) is 5.11 Å². The molecular weight excluding hydrogens is 328 g/mol. The molecule has 4 nitrogen and oxygen atoms in total. The molecule has 0 unspecified atom stereocenters. The van der Waals surface area contributed by atoms with Gasteiger partial charge in [0.25, 0.3) is 0 Å². The smallest absolute Gasteiger partial charge is 0.171 e. The molecule has 0 atom stereocenters. The van der Waals surface area contributed by atoms with Crippen LogP contribution in [0.4, 0.5) is 0 Å². The third kappa shape index (κ3) is 2.59. The van der Waals surface area contributed by atoms with Crippen molar-refractivity contribution in [3.8, 4) is 17.2 Å². The Bertz CT molecular complexity index is 851. The molecule has 0 aliphatic carbocycles. The molecular formula is C22H20O4. The molecule has 0 fully saturated rings. The lowest BCUT2D eigenvalue weighted by molar-refractivity contribution is 0.107. The van der Waals surface area contributed by atoms with Crippen molar-refractivity contribution < 1.29 is 19.3 Å². The van der Waals surface area contributed by atoms with Gasteiger partial charge < -0.3 is 19.3 Å². The Kier molecular flexibility index (Phi) is 4.27. The largest absolute Gasteiger partial charge is 0.496 e. The fourth-order valence-corrected chi connectivity index (χ4v) is 3.42. The number of fused-ring (bicyclic) bond motifs is 1. The van der Waals surface area contributed by atoms with Gasteiger partial charge in [-0.15, -0.1) is 0 Å². The van der Waals surface area contributed by atoms with Gasteiger partial charge in [0.2, 0.25) is 0 Å². The zero-order valence-corrected chi connectivity index (χ0v) is 14.5. The average Bonchev–Trinajstić information content (AvgIpc) is 2.73. The van der Waals surface area contributed by atoms with Crippen LogP contribution in [0.1, 0.15) is 16.7 Å². The van der Waals surface area contributed by atoms with Crippen molar-refractivity contribution in [1.29, 1.82) is 0 Å². The maximum Gasteiger partial charge on any atom is 0.171 e. The summed E-state index contributed by atoms with van der Waals surface area (Å²) in [4.78, 5) is 0. The standard InChI is InChI=1S/C22H20O4/c1-24-18-12-13-19-21(26-15-14-25-19)20(18)22(23,16-8-4-2-5-9-16)17-10-6-3-7-11-17/h2-13,23H,14-15H2,1H3. The van der Waals surface area contributed by atoms with E-state index in [1.807, 2.05) is 66.7 Å². The molecule has 0 saturated heterocycles. The van der Waals surface area contributed by atoms with E-state index in [-0.39, 0.29) is 0 Å². The van der Waals surface area contributed by atoms with Gasteiger partial charge >= 0.3 is 0 Å². The summed E-state index contributed by atoms with van der Waals surface area (Å²) >= 11 is 0. The van der Waals surface area contributed by atoms with E-state index in [1.54, 1.807) is 13.2 Å². The molecule has 3 aromatic rings. The normalized spacial score (nSPS) is 13.3. The lowest BCUT2D eigenvalue weighted by atomic mass is 9.79.